The molecule has 0 aromatic rings. The Balaban J connectivity index is 2.69. The van der Waals surface area contributed by atoms with E-state index in [0.29, 0.717) is 0 Å². The Morgan fingerprint density at radius 3 is 2.29 bits per heavy atom. The fourth-order valence-corrected chi connectivity index (χ4v) is 2.92. The van der Waals surface area contributed by atoms with Crippen molar-refractivity contribution in [2.45, 2.75) is 65.3 Å². The van der Waals surface area contributed by atoms with Crippen LogP contribution in [0.2, 0.25) is 0 Å². The zero-order chi connectivity index (χ0) is 12.9. The van der Waals surface area contributed by atoms with Crippen molar-refractivity contribution < 1.29 is 0 Å². The van der Waals surface area contributed by atoms with Crippen LogP contribution in [0.5, 0.6) is 0 Å². The second-order valence-electron chi connectivity index (χ2n) is 5.98. The third-order valence-electron chi connectivity index (χ3n) is 4.69. The Hall–Kier alpha value is -0.0800. The van der Waals surface area contributed by atoms with E-state index in [2.05, 4.69) is 32.6 Å². The van der Waals surface area contributed by atoms with Crippen LogP contribution in [0.4, 0.5) is 0 Å². The van der Waals surface area contributed by atoms with Gasteiger partial charge in [0.15, 0.2) is 0 Å². The summed E-state index contributed by atoms with van der Waals surface area (Å²) in [6.45, 7) is 12.5. The number of hydrogen-bond acceptors (Lipinski definition) is 2. The van der Waals surface area contributed by atoms with E-state index in [4.69, 9.17) is 5.73 Å². The van der Waals surface area contributed by atoms with E-state index in [1.807, 2.05) is 0 Å². The quantitative estimate of drug-likeness (QED) is 0.670. The van der Waals surface area contributed by atoms with Crippen LogP contribution in [0.3, 0.4) is 0 Å². The van der Waals surface area contributed by atoms with Crippen molar-refractivity contribution in [3.63, 3.8) is 0 Å². The lowest BCUT2D eigenvalue weighted by Crippen LogP contribution is -2.55. The van der Waals surface area contributed by atoms with Gasteiger partial charge in [-0.3, -0.25) is 4.90 Å². The largest absolute Gasteiger partial charge is 0.329 e. The first-order valence-electron chi connectivity index (χ1n) is 7.56. The van der Waals surface area contributed by atoms with E-state index >= 15 is 0 Å². The van der Waals surface area contributed by atoms with Gasteiger partial charge in [-0.2, -0.15) is 0 Å². The normalized spacial score (nSPS) is 21.5. The third kappa shape index (κ3) is 3.96. The van der Waals surface area contributed by atoms with Gasteiger partial charge in [-0.05, 0) is 44.1 Å². The topological polar surface area (TPSA) is 29.3 Å². The summed E-state index contributed by atoms with van der Waals surface area (Å²) in [4.78, 5) is 2.68. The number of hydrogen-bond donors (Lipinski definition) is 1. The van der Waals surface area contributed by atoms with E-state index in [1.54, 1.807) is 0 Å². The van der Waals surface area contributed by atoms with E-state index in [0.717, 1.165) is 24.9 Å². The van der Waals surface area contributed by atoms with Crippen LogP contribution in [-0.4, -0.2) is 30.1 Å². The summed E-state index contributed by atoms with van der Waals surface area (Å²) in [5.74, 6) is 1.75. The predicted octanol–water partition coefficient (Wildman–Crippen LogP) is 3.26. The van der Waals surface area contributed by atoms with Gasteiger partial charge in [0.25, 0.3) is 0 Å². The van der Waals surface area contributed by atoms with Crippen LogP contribution in [0.25, 0.3) is 0 Å². The van der Waals surface area contributed by atoms with Crippen LogP contribution in [0, 0.1) is 11.8 Å². The maximum atomic E-state index is 6.15. The predicted molar refractivity (Wildman–Crippen MR) is 76.1 cm³/mol. The van der Waals surface area contributed by atoms with Gasteiger partial charge in [-0.15, -0.1) is 0 Å². The van der Waals surface area contributed by atoms with Crippen molar-refractivity contribution in [3.05, 3.63) is 0 Å². The molecule has 2 heteroatoms. The maximum Gasteiger partial charge on any atom is 0.0331 e. The highest BCUT2D eigenvalue weighted by Crippen LogP contribution is 2.35. The number of rotatable bonds is 9. The molecule has 0 saturated heterocycles. The van der Waals surface area contributed by atoms with Crippen LogP contribution in [0.15, 0.2) is 0 Å². The fraction of sp³-hybridized carbons (Fsp3) is 1.00. The highest BCUT2D eigenvalue weighted by molar-refractivity contribution is 4.93. The Labute approximate surface area is 108 Å². The minimum absolute atomic E-state index is 0.257. The molecule has 0 radical (unpaired) electrons. The van der Waals surface area contributed by atoms with Crippen molar-refractivity contribution in [2.24, 2.45) is 17.6 Å². The summed E-state index contributed by atoms with van der Waals surface area (Å²) in [6, 6.07) is 0. The Morgan fingerprint density at radius 2 is 1.94 bits per heavy atom. The zero-order valence-electron chi connectivity index (χ0n) is 12.3. The van der Waals surface area contributed by atoms with Gasteiger partial charge in [-0.1, -0.05) is 34.1 Å². The van der Waals surface area contributed by atoms with Crippen molar-refractivity contribution in [1.29, 1.82) is 0 Å². The molecule has 102 valence electrons. The van der Waals surface area contributed by atoms with Crippen molar-refractivity contribution >= 4 is 0 Å². The molecule has 1 fully saturated rings. The molecule has 0 spiro atoms. The van der Waals surface area contributed by atoms with Gasteiger partial charge in [0, 0.05) is 18.6 Å². The smallest absolute Gasteiger partial charge is 0.0331 e. The molecule has 2 atom stereocenters. The highest BCUT2D eigenvalue weighted by atomic mass is 15.2. The summed E-state index contributed by atoms with van der Waals surface area (Å²) in [7, 11) is 0. The molecular weight excluding hydrogens is 208 g/mol. The van der Waals surface area contributed by atoms with E-state index in [9.17, 15) is 0 Å². The second-order valence-corrected chi connectivity index (χ2v) is 5.98. The maximum absolute atomic E-state index is 6.15. The molecule has 1 aliphatic carbocycles. The molecule has 1 saturated carbocycles. The third-order valence-corrected chi connectivity index (χ3v) is 4.69. The first kappa shape index (κ1) is 15.0. The van der Waals surface area contributed by atoms with Gasteiger partial charge in [-0.25, -0.2) is 0 Å². The molecule has 2 unspecified atom stereocenters. The summed E-state index contributed by atoms with van der Waals surface area (Å²) in [5, 5.41) is 0. The minimum Gasteiger partial charge on any atom is -0.329 e. The summed E-state index contributed by atoms with van der Waals surface area (Å²) >= 11 is 0. The molecule has 2 N–H and O–H groups in total. The van der Waals surface area contributed by atoms with E-state index in [1.165, 1.54) is 38.6 Å². The van der Waals surface area contributed by atoms with Crippen molar-refractivity contribution in [2.75, 3.05) is 19.6 Å². The van der Waals surface area contributed by atoms with Gasteiger partial charge in [0.05, 0.1) is 0 Å². The monoisotopic (exact) mass is 240 g/mol. The standard InChI is InChI=1S/C15H32N2/c1-5-13(4)10-15(6-2,12-16)17(7-3)11-14-8-9-14/h13-14H,5-12,16H2,1-4H3. The van der Waals surface area contributed by atoms with Gasteiger partial charge >= 0.3 is 0 Å². The summed E-state index contributed by atoms with van der Waals surface area (Å²) in [6.07, 6.45) is 6.59. The number of nitrogens with zero attached hydrogens (tertiary/aromatic N) is 1. The molecule has 0 aromatic carbocycles. The lowest BCUT2D eigenvalue weighted by Gasteiger charge is -2.44. The lowest BCUT2D eigenvalue weighted by molar-refractivity contribution is 0.0662. The van der Waals surface area contributed by atoms with Crippen LogP contribution in [-0.2, 0) is 0 Å². The van der Waals surface area contributed by atoms with Gasteiger partial charge < -0.3 is 5.73 Å². The molecule has 0 heterocycles. The molecule has 0 amide bonds. The van der Waals surface area contributed by atoms with Gasteiger partial charge in [0.2, 0.25) is 0 Å². The average Bonchev–Trinajstić information content (AvgIpc) is 3.17. The zero-order valence-corrected chi connectivity index (χ0v) is 12.3. The minimum atomic E-state index is 0.257. The van der Waals surface area contributed by atoms with Crippen LogP contribution in [0.1, 0.15) is 59.8 Å². The molecule has 1 aliphatic rings. The molecule has 17 heavy (non-hydrogen) atoms. The first-order valence-corrected chi connectivity index (χ1v) is 7.56. The molecule has 0 bridgehead atoms. The van der Waals surface area contributed by atoms with Gasteiger partial charge in [0.1, 0.15) is 0 Å². The Bertz CT molecular complexity index is 207. The fourth-order valence-electron chi connectivity index (χ4n) is 2.92. The van der Waals surface area contributed by atoms with Crippen molar-refractivity contribution in [1.82, 2.24) is 4.90 Å². The van der Waals surface area contributed by atoms with Crippen LogP contribution >= 0.6 is 0 Å². The van der Waals surface area contributed by atoms with E-state index in [-0.39, 0.29) is 5.54 Å². The highest BCUT2D eigenvalue weighted by Gasteiger charge is 2.37. The molecular formula is C15H32N2. The van der Waals surface area contributed by atoms with Crippen molar-refractivity contribution in [3.8, 4) is 0 Å². The second kappa shape index (κ2) is 6.75. The average molecular weight is 240 g/mol. The molecule has 0 aliphatic heterocycles. The number of nitrogens with two attached hydrogens (primary N) is 1. The summed E-state index contributed by atoms with van der Waals surface area (Å²) in [5.41, 5.74) is 6.41. The van der Waals surface area contributed by atoms with E-state index < -0.39 is 0 Å². The lowest BCUT2D eigenvalue weighted by atomic mass is 9.83. The Kier molecular flexibility index (Phi) is 5.94. The van der Waals surface area contributed by atoms with Crippen LogP contribution < -0.4 is 5.73 Å². The SMILES string of the molecule is CCC(C)CC(CC)(CN)N(CC)CC1CC1. The number of likely N-dealkylation sites (N-methyl/N-ethyl adjacent to an activating group) is 1. The first-order chi connectivity index (χ1) is 8.11. The summed E-state index contributed by atoms with van der Waals surface area (Å²) < 4.78 is 0. The Morgan fingerprint density at radius 1 is 1.29 bits per heavy atom. The molecule has 1 rings (SSSR count). The molecule has 0 aromatic heterocycles. The molecule has 2 nitrogen and oxygen atoms in total.